The van der Waals surface area contributed by atoms with Gasteiger partial charge in [-0.2, -0.15) is 0 Å². The van der Waals surface area contributed by atoms with Gasteiger partial charge in [0.15, 0.2) is 0 Å². The molecule has 0 bridgehead atoms. The largest absolute Gasteiger partial charge is 0.487 e. The maximum absolute atomic E-state index is 13.4. The average molecular weight is 328 g/mol. The Balaban J connectivity index is 1.93. The van der Waals surface area contributed by atoms with Gasteiger partial charge < -0.3 is 20.1 Å². The summed E-state index contributed by atoms with van der Waals surface area (Å²) in [5.41, 5.74) is 5.09. The number of ether oxygens (including phenoxy) is 2. The number of carbonyl (C=O) groups excluding carboxylic acids is 1. The molecular formula is C16H22F2N2O3. The molecular weight excluding hydrogens is 306 g/mol. The molecule has 1 fully saturated rings. The minimum absolute atomic E-state index is 0.198. The fraction of sp³-hybridized carbons (Fsp3) is 0.562. The normalized spacial score (nSPS) is 16.0. The summed E-state index contributed by atoms with van der Waals surface area (Å²) in [7, 11) is 0. The van der Waals surface area contributed by atoms with Crippen LogP contribution in [0.2, 0.25) is 0 Å². The molecule has 23 heavy (non-hydrogen) atoms. The van der Waals surface area contributed by atoms with Crippen LogP contribution in [0.25, 0.3) is 0 Å². The summed E-state index contributed by atoms with van der Waals surface area (Å²) in [6.45, 7) is 6.87. The van der Waals surface area contributed by atoms with Gasteiger partial charge in [0.2, 0.25) is 0 Å². The Morgan fingerprint density at radius 1 is 1.22 bits per heavy atom. The Labute approximate surface area is 134 Å². The molecule has 0 radical (unpaired) electrons. The number of nitrogens with zero attached hydrogens (tertiary/aromatic N) is 1. The van der Waals surface area contributed by atoms with E-state index >= 15 is 0 Å². The van der Waals surface area contributed by atoms with Gasteiger partial charge >= 0.3 is 6.09 Å². The Morgan fingerprint density at radius 3 is 2.35 bits per heavy atom. The molecule has 7 heteroatoms. The highest BCUT2D eigenvalue weighted by Crippen LogP contribution is 2.32. The number of alkyl halides is 2. The van der Waals surface area contributed by atoms with Crippen molar-refractivity contribution in [2.24, 2.45) is 0 Å². The van der Waals surface area contributed by atoms with Crippen LogP contribution in [-0.4, -0.2) is 35.8 Å². The second kappa shape index (κ2) is 5.86. The molecule has 0 spiro atoms. The van der Waals surface area contributed by atoms with Crippen molar-refractivity contribution < 1.29 is 23.0 Å². The van der Waals surface area contributed by atoms with Gasteiger partial charge in [-0.3, -0.25) is 0 Å². The lowest BCUT2D eigenvalue weighted by Gasteiger charge is -2.39. The van der Waals surface area contributed by atoms with Gasteiger partial charge in [0.1, 0.15) is 17.5 Å². The van der Waals surface area contributed by atoms with Crippen LogP contribution in [0.4, 0.5) is 19.3 Å². The van der Waals surface area contributed by atoms with Crippen molar-refractivity contribution >= 4 is 11.8 Å². The van der Waals surface area contributed by atoms with Gasteiger partial charge in [-0.05, 0) is 32.9 Å². The number of rotatable bonds is 3. The zero-order chi connectivity index (χ0) is 17.4. The Kier molecular flexibility index (Phi) is 4.41. The second-order valence-corrected chi connectivity index (χ2v) is 6.80. The van der Waals surface area contributed by atoms with Crippen LogP contribution < -0.4 is 10.5 Å². The van der Waals surface area contributed by atoms with E-state index in [0.717, 1.165) is 6.92 Å². The van der Waals surface area contributed by atoms with Gasteiger partial charge in [0.25, 0.3) is 5.92 Å². The minimum Gasteiger partial charge on any atom is -0.487 e. The number of benzene rings is 1. The summed E-state index contributed by atoms with van der Waals surface area (Å²) in [5, 5.41) is 0. The Bertz CT molecular complexity index is 588. The van der Waals surface area contributed by atoms with E-state index in [1.54, 1.807) is 20.8 Å². The third-order valence-electron chi connectivity index (χ3n) is 3.24. The van der Waals surface area contributed by atoms with E-state index in [1.807, 2.05) is 0 Å². The molecule has 1 aliphatic heterocycles. The molecule has 1 aromatic rings. The lowest BCUT2D eigenvalue weighted by molar-refractivity contribution is -0.0223. The number of hydrogen-bond donors (Lipinski definition) is 1. The maximum atomic E-state index is 13.4. The standard InChI is InChI=1S/C16H22F2N2O3/c1-15(2,3)23-14(21)20-8-13(9-20)22-12-6-10(16(4,17)18)5-11(19)7-12/h5-7,13H,8-9,19H2,1-4H3. The SMILES string of the molecule is CC(C)(C)OC(=O)N1CC(Oc2cc(N)cc(C(C)(F)F)c2)C1. The van der Waals surface area contributed by atoms with Crippen molar-refractivity contribution in [1.82, 2.24) is 4.90 Å². The molecule has 2 N–H and O–H groups in total. The first-order valence-electron chi connectivity index (χ1n) is 7.37. The molecule has 1 aliphatic rings. The molecule has 128 valence electrons. The number of likely N-dealkylation sites (tertiary alicyclic amines) is 1. The summed E-state index contributed by atoms with van der Waals surface area (Å²) < 4.78 is 37.6. The van der Waals surface area contributed by atoms with Crippen LogP contribution in [0.5, 0.6) is 5.75 Å². The molecule has 1 heterocycles. The maximum Gasteiger partial charge on any atom is 0.410 e. The molecule has 0 unspecified atom stereocenters. The number of nitrogen functional groups attached to an aromatic ring is 1. The smallest absolute Gasteiger partial charge is 0.410 e. The van der Waals surface area contributed by atoms with E-state index in [1.165, 1.54) is 23.1 Å². The predicted octanol–water partition coefficient (Wildman–Crippen LogP) is 3.38. The van der Waals surface area contributed by atoms with Crippen molar-refractivity contribution in [3.63, 3.8) is 0 Å². The van der Waals surface area contributed by atoms with Crippen molar-refractivity contribution in [1.29, 1.82) is 0 Å². The first kappa shape index (κ1) is 17.3. The van der Waals surface area contributed by atoms with E-state index in [-0.39, 0.29) is 23.1 Å². The van der Waals surface area contributed by atoms with E-state index in [0.29, 0.717) is 13.1 Å². The third kappa shape index (κ3) is 4.71. The van der Waals surface area contributed by atoms with Crippen molar-refractivity contribution in [2.75, 3.05) is 18.8 Å². The second-order valence-electron chi connectivity index (χ2n) is 6.80. The quantitative estimate of drug-likeness (QED) is 0.864. The van der Waals surface area contributed by atoms with Gasteiger partial charge in [-0.15, -0.1) is 0 Å². The minimum atomic E-state index is -2.99. The zero-order valence-electron chi connectivity index (χ0n) is 13.7. The number of nitrogens with two attached hydrogens (primary N) is 1. The molecule has 0 atom stereocenters. The van der Waals surface area contributed by atoms with Crippen molar-refractivity contribution in [3.8, 4) is 5.75 Å². The molecule has 1 amide bonds. The molecule has 1 saturated heterocycles. The number of halogens is 2. The molecule has 5 nitrogen and oxygen atoms in total. The summed E-state index contributed by atoms with van der Waals surface area (Å²) >= 11 is 0. The monoisotopic (exact) mass is 328 g/mol. The van der Waals surface area contributed by atoms with Crippen LogP contribution in [0.15, 0.2) is 18.2 Å². The van der Waals surface area contributed by atoms with Gasteiger partial charge in [0, 0.05) is 24.2 Å². The number of hydrogen-bond acceptors (Lipinski definition) is 4. The fourth-order valence-electron chi connectivity index (χ4n) is 2.12. The number of anilines is 1. The Morgan fingerprint density at radius 2 is 1.83 bits per heavy atom. The van der Waals surface area contributed by atoms with E-state index < -0.39 is 17.6 Å². The lowest BCUT2D eigenvalue weighted by atomic mass is 10.1. The molecule has 2 rings (SSSR count). The number of carbonyl (C=O) groups is 1. The van der Waals surface area contributed by atoms with E-state index in [4.69, 9.17) is 15.2 Å². The average Bonchev–Trinajstić information content (AvgIpc) is 2.29. The first-order valence-corrected chi connectivity index (χ1v) is 7.37. The highest BCUT2D eigenvalue weighted by Gasteiger charge is 2.35. The molecule has 0 saturated carbocycles. The summed E-state index contributed by atoms with van der Waals surface area (Å²) in [6.07, 6.45) is -0.673. The Hall–Kier alpha value is -2.05. The predicted molar refractivity (Wildman–Crippen MR) is 82.6 cm³/mol. The molecule has 0 aliphatic carbocycles. The number of amides is 1. The van der Waals surface area contributed by atoms with Crippen LogP contribution >= 0.6 is 0 Å². The summed E-state index contributed by atoms with van der Waals surface area (Å²) in [5.74, 6) is -2.72. The van der Waals surface area contributed by atoms with Crippen molar-refractivity contribution in [2.45, 2.75) is 45.3 Å². The van der Waals surface area contributed by atoms with E-state index in [9.17, 15) is 13.6 Å². The van der Waals surface area contributed by atoms with E-state index in [2.05, 4.69) is 0 Å². The topological polar surface area (TPSA) is 64.8 Å². The van der Waals surface area contributed by atoms with Crippen LogP contribution in [0, 0.1) is 0 Å². The zero-order valence-corrected chi connectivity index (χ0v) is 13.7. The summed E-state index contributed by atoms with van der Waals surface area (Å²) in [6, 6.07) is 3.98. The van der Waals surface area contributed by atoms with Crippen LogP contribution in [-0.2, 0) is 10.7 Å². The summed E-state index contributed by atoms with van der Waals surface area (Å²) in [4.78, 5) is 13.3. The fourth-order valence-corrected chi connectivity index (χ4v) is 2.12. The van der Waals surface area contributed by atoms with Crippen LogP contribution in [0.3, 0.4) is 0 Å². The highest BCUT2D eigenvalue weighted by atomic mass is 19.3. The first-order chi connectivity index (χ1) is 10.4. The van der Waals surface area contributed by atoms with Gasteiger partial charge in [-0.1, -0.05) is 0 Å². The van der Waals surface area contributed by atoms with Crippen molar-refractivity contribution in [3.05, 3.63) is 23.8 Å². The third-order valence-corrected chi connectivity index (χ3v) is 3.24. The van der Waals surface area contributed by atoms with Gasteiger partial charge in [0.05, 0.1) is 13.1 Å². The van der Waals surface area contributed by atoms with Gasteiger partial charge in [-0.25, -0.2) is 13.6 Å². The highest BCUT2D eigenvalue weighted by molar-refractivity contribution is 5.69. The lowest BCUT2D eigenvalue weighted by Crippen LogP contribution is -2.57. The molecule has 0 aromatic heterocycles. The molecule has 1 aromatic carbocycles. The van der Waals surface area contributed by atoms with Crippen LogP contribution in [0.1, 0.15) is 33.3 Å².